The highest BCUT2D eigenvalue weighted by atomic mass is 15.0. The van der Waals surface area contributed by atoms with Crippen molar-refractivity contribution in [3.63, 3.8) is 0 Å². The SMILES string of the molecule is c1ccc(-c2nc(-c3ccccc3)nc(-c3ccc(-c4nc5cnc6c(ccc7cccnc76)c5c5ccccc45)cc3)n2)cc1. The third-order valence-electron chi connectivity index (χ3n) is 8.39. The van der Waals surface area contributed by atoms with Gasteiger partial charge in [0, 0.05) is 50.0 Å². The van der Waals surface area contributed by atoms with Gasteiger partial charge in [0.2, 0.25) is 0 Å². The van der Waals surface area contributed by atoms with Crippen LogP contribution < -0.4 is 0 Å². The second kappa shape index (κ2) is 10.6. The van der Waals surface area contributed by atoms with Gasteiger partial charge in [0.1, 0.15) is 0 Å². The summed E-state index contributed by atoms with van der Waals surface area (Å²) < 4.78 is 0. The van der Waals surface area contributed by atoms with Crippen LogP contribution in [0.3, 0.4) is 0 Å². The molecule has 9 rings (SSSR count). The third kappa shape index (κ3) is 4.35. The first-order valence-corrected chi connectivity index (χ1v) is 15.1. The molecule has 0 radical (unpaired) electrons. The second-order valence-electron chi connectivity index (χ2n) is 11.2. The molecule has 4 aromatic heterocycles. The molecule has 0 aliphatic rings. The van der Waals surface area contributed by atoms with Crippen LogP contribution in [0, 0.1) is 0 Å². The summed E-state index contributed by atoms with van der Waals surface area (Å²) in [7, 11) is 0. The fraction of sp³-hybridized carbons (Fsp3) is 0. The van der Waals surface area contributed by atoms with Gasteiger partial charge in [-0.25, -0.2) is 19.9 Å². The van der Waals surface area contributed by atoms with Gasteiger partial charge < -0.3 is 0 Å². The van der Waals surface area contributed by atoms with Crippen molar-refractivity contribution < 1.29 is 0 Å². The van der Waals surface area contributed by atoms with E-state index in [1.54, 1.807) is 0 Å². The maximum Gasteiger partial charge on any atom is 0.164 e. The standard InChI is InChI=1S/C40H24N6/c1-3-10-27(11-4-1)38-44-39(28-12-5-2-6-13-28)46-40(45-38)29-19-17-26(18-20-29)35-31-16-8-7-15-30(31)34-32-22-21-25-14-9-23-41-36(25)37(32)42-24-33(34)43-35/h1-24H. The Bertz CT molecular complexity index is 2510. The molecule has 6 heteroatoms. The minimum absolute atomic E-state index is 0.618. The molecule has 0 N–H and O–H groups in total. The smallest absolute Gasteiger partial charge is 0.164 e. The Hall–Kier alpha value is -6.40. The minimum Gasteiger partial charge on any atom is -0.254 e. The van der Waals surface area contributed by atoms with Crippen molar-refractivity contribution in [2.45, 2.75) is 0 Å². The van der Waals surface area contributed by atoms with E-state index in [0.717, 1.165) is 71.4 Å². The van der Waals surface area contributed by atoms with Crippen LogP contribution in [-0.4, -0.2) is 29.9 Å². The number of nitrogens with zero attached hydrogens (tertiary/aromatic N) is 6. The molecule has 0 atom stereocenters. The van der Waals surface area contributed by atoms with Crippen molar-refractivity contribution in [1.82, 2.24) is 29.9 Å². The van der Waals surface area contributed by atoms with Crippen LogP contribution in [0.4, 0.5) is 0 Å². The topological polar surface area (TPSA) is 77.3 Å². The zero-order valence-corrected chi connectivity index (χ0v) is 24.5. The van der Waals surface area contributed by atoms with Gasteiger partial charge in [-0.3, -0.25) is 9.97 Å². The summed E-state index contributed by atoms with van der Waals surface area (Å²) in [4.78, 5) is 29.3. The summed E-state index contributed by atoms with van der Waals surface area (Å²) in [6.07, 6.45) is 3.69. The first kappa shape index (κ1) is 26.0. The highest BCUT2D eigenvalue weighted by Crippen LogP contribution is 2.37. The van der Waals surface area contributed by atoms with Gasteiger partial charge in [-0.1, -0.05) is 127 Å². The van der Waals surface area contributed by atoms with Crippen LogP contribution in [0.2, 0.25) is 0 Å². The molecule has 0 aliphatic carbocycles. The van der Waals surface area contributed by atoms with Crippen molar-refractivity contribution in [2.24, 2.45) is 0 Å². The summed E-state index contributed by atoms with van der Waals surface area (Å²) in [5, 5.41) is 5.41. The fourth-order valence-corrected chi connectivity index (χ4v) is 6.18. The lowest BCUT2D eigenvalue weighted by Crippen LogP contribution is -2.00. The van der Waals surface area contributed by atoms with Crippen LogP contribution >= 0.6 is 0 Å². The second-order valence-corrected chi connectivity index (χ2v) is 11.2. The molecule has 5 aromatic carbocycles. The van der Waals surface area contributed by atoms with Gasteiger partial charge in [0.15, 0.2) is 17.5 Å². The number of hydrogen-bond acceptors (Lipinski definition) is 6. The molecule has 0 spiro atoms. The van der Waals surface area contributed by atoms with E-state index in [1.807, 2.05) is 79.1 Å². The molecule has 0 aliphatic heterocycles. The number of rotatable bonds is 4. The molecule has 0 fully saturated rings. The molecule has 0 amide bonds. The molecular weight excluding hydrogens is 564 g/mol. The number of hydrogen-bond donors (Lipinski definition) is 0. The van der Waals surface area contributed by atoms with Crippen molar-refractivity contribution in [1.29, 1.82) is 0 Å². The van der Waals surface area contributed by atoms with Crippen molar-refractivity contribution in [3.05, 3.63) is 146 Å². The molecule has 4 heterocycles. The van der Waals surface area contributed by atoms with Gasteiger partial charge in [0.05, 0.1) is 28.4 Å². The zero-order valence-electron chi connectivity index (χ0n) is 24.5. The van der Waals surface area contributed by atoms with Gasteiger partial charge in [-0.2, -0.15) is 0 Å². The first-order valence-electron chi connectivity index (χ1n) is 15.1. The zero-order chi connectivity index (χ0) is 30.5. The van der Waals surface area contributed by atoms with Crippen molar-refractivity contribution >= 4 is 43.5 Å². The first-order chi connectivity index (χ1) is 22.8. The molecule has 0 saturated carbocycles. The van der Waals surface area contributed by atoms with Gasteiger partial charge in [0.25, 0.3) is 0 Å². The summed E-state index contributed by atoms with van der Waals surface area (Å²) in [5.41, 5.74) is 7.32. The highest BCUT2D eigenvalue weighted by Gasteiger charge is 2.16. The van der Waals surface area contributed by atoms with Crippen molar-refractivity contribution in [2.75, 3.05) is 0 Å². The van der Waals surface area contributed by atoms with Crippen LogP contribution in [0.25, 0.3) is 88.9 Å². The van der Waals surface area contributed by atoms with E-state index >= 15 is 0 Å². The maximum atomic E-state index is 5.19. The highest BCUT2D eigenvalue weighted by molar-refractivity contribution is 6.23. The number of benzene rings is 5. The lowest BCUT2D eigenvalue weighted by atomic mass is 9.97. The molecule has 214 valence electrons. The normalized spacial score (nSPS) is 11.5. The summed E-state index contributed by atoms with van der Waals surface area (Å²) in [6.45, 7) is 0. The molecule has 0 unspecified atom stereocenters. The van der Waals surface area contributed by atoms with E-state index in [4.69, 9.17) is 24.9 Å². The lowest BCUT2D eigenvalue weighted by molar-refractivity contribution is 1.07. The van der Waals surface area contributed by atoms with Gasteiger partial charge >= 0.3 is 0 Å². The Balaban J connectivity index is 1.19. The Morgan fingerprint density at radius 1 is 0.370 bits per heavy atom. The Morgan fingerprint density at radius 3 is 1.63 bits per heavy atom. The summed E-state index contributed by atoms with van der Waals surface area (Å²) in [6, 6.07) is 45.1. The van der Waals surface area contributed by atoms with Crippen LogP contribution in [0.15, 0.2) is 146 Å². The quantitative estimate of drug-likeness (QED) is 0.191. The fourth-order valence-electron chi connectivity index (χ4n) is 6.18. The van der Waals surface area contributed by atoms with E-state index < -0.39 is 0 Å². The Kier molecular flexibility index (Phi) is 6.03. The molecule has 0 bridgehead atoms. The maximum absolute atomic E-state index is 5.19. The van der Waals surface area contributed by atoms with E-state index in [2.05, 4.69) is 71.7 Å². The molecule has 0 saturated heterocycles. The largest absolute Gasteiger partial charge is 0.254 e. The molecule has 9 aromatic rings. The monoisotopic (exact) mass is 588 g/mol. The van der Waals surface area contributed by atoms with Gasteiger partial charge in [-0.15, -0.1) is 0 Å². The van der Waals surface area contributed by atoms with E-state index in [0.29, 0.717) is 17.5 Å². The predicted octanol–water partition coefficient (Wildman–Crippen LogP) is 9.34. The Morgan fingerprint density at radius 2 is 0.957 bits per heavy atom. The molecular formula is C40H24N6. The average Bonchev–Trinajstić information content (AvgIpc) is 3.14. The third-order valence-corrected chi connectivity index (χ3v) is 8.39. The van der Waals surface area contributed by atoms with Crippen LogP contribution in [0.5, 0.6) is 0 Å². The van der Waals surface area contributed by atoms with Gasteiger partial charge in [-0.05, 0) is 11.5 Å². The van der Waals surface area contributed by atoms with Crippen LogP contribution in [0.1, 0.15) is 0 Å². The Labute approximate surface area is 264 Å². The molecule has 6 nitrogen and oxygen atoms in total. The summed E-state index contributed by atoms with van der Waals surface area (Å²) >= 11 is 0. The summed E-state index contributed by atoms with van der Waals surface area (Å²) in [5.74, 6) is 1.89. The van der Waals surface area contributed by atoms with Crippen LogP contribution in [-0.2, 0) is 0 Å². The van der Waals surface area contributed by atoms with Crippen molar-refractivity contribution in [3.8, 4) is 45.4 Å². The van der Waals surface area contributed by atoms with E-state index in [1.165, 1.54) is 0 Å². The van der Waals surface area contributed by atoms with E-state index in [-0.39, 0.29) is 0 Å². The van der Waals surface area contributed by atoms with E-state index in [9.17, 15) is 0 Å². The number of fused-ring (bicyclic) bond motifs is 7. The molecule has 46 heavy (non-hydrogen) atoms. The minimum atomic E-state index is 0.618. The average molecular weight is 589 g/mol. The lowest BCUT2D eigenvalue weighted by Gasteiger charge is -2.13. The number of aromatic nitrogens is 6. The predicted molar refractivity (Wildman–Crippen MR) is 185 cm³/mol. The number of pyridine rings is 3.